The number of benzene rings is 2. The van der Waals surface area contributed by atoms with Crippen LogP contribution in [0.1, 0.15) is 18.1 Å². The molecule has 0 atom stereocenters. The quantitative estimate of drug-likeness (QED) is 0.480. The zero-order chi connectivity index (χ0) is 17.5. The second kappa shape index (κ2) is 8.75. The first kappa shape index (κ1) is 18.4. The van der Waals surface area contributed by atoms with Gasteiger partial charge in [-0.3, -0.25) is 5.43 Å². The number of rotatable bonds is 5. The van der Waals surface area contributed by atoms with Gasteiger partial charge in [-0.05, 0) is 55.1 Å². The van der Waals surface area contributed by atoms with Gasteiger partial charge >= 0.3 is 0 Å². The zero-order valence-corrected chi connectivity index (χ0v) is 14.8. The van der Waals surface area contributed by atoms with E-state index in [0.717, 1.165) is 17.3 Å². The Balaban J connectivity index is 1.98. The van der Waals surface area contributed by atoms with Crippen molar-refractivity contribution in [1.82, 2.24) is 5.43 Å². The average molecular weight is 366 g/mol. The summed E-state index contributed by atoms with van der Waals surface area (Å²) >= 11 is 6.42. The first-order valence-corrected chi connectivity index (χ1v) is 8.68. The SMILES string of the molecule is CSC(=S)N/N=C(/C)c1ccc(OCc2ccc(F)cc2F)cc1. The molecule has 0 radical (unpaired) electrons. The van der Waals surface area contributed by atoms with Crippen LogP contribution < -0.4 is 10.2 Å². The van der Waals surface area contributed by atoms with Crippen molar-refractivity contribution in [3.63, 3.8) is 0 Å². The standard InChI is InChI=1S/C17H16F2N2OS2/c1-11(20-21-17(23)24-2)12-4-7-15(8-5-12)22-10-13-3-6-14(18)9-16(13)19/h3-9H,10H2,1-2H3,(H,21,23)/b20-11-. The number of thiocarbonyl (C=S) groups is 1. The smallest absolute Gasteiger partial charge is 0.153 e. The van der Waals surface area contributed by atoms with Crippen molar-refractivity contribution in [1.29, 1.82) is 0 Å². The minimum absolute atomic E-state index is 0.0298. The molecule has 2 aromatic carbocycles. The fourth-order valence-corrected chi connectivity index (χ4v) is 2.01. The van der Waals surface area contributed by atoms with Crippen LogP contribution in [-0.4, -0.2) is 16.3 Å². The number of hydrogen-bond donors (Lipinski definition) is 1. The molecule has 24 heavy (non-hydrogen) atoms. The number of halogens is 2. The molecule has 7 heteroatoms. The summed E-state index contributed by atoms with van der Waals surface area (Å²) in [5.41, 5.74) is 4.77. The van der Waals surface area contributed by atoms with E-state index < -0.39 is 11.6 Å². The summed E-state index contributed by atoms with van der Waals surface area (Å²) in [5.74, 6) is -0.641. The van der Waals surface area contributed by atoms with Gasteiger partial charge in [0.25, 0.3) is 0 Å². The highest BCUT2D eigenvalue weighted by Gasteiger charge is 2.05. The van der Waals surface area contributed by atoms with E-state index in [2.05, 4.69) is 10.5 Å². The van der Waals surface area contributed by atoms with Crippen LogP contribution in [-0.2, 0) is 6.61 Å². The molecule has 0 aliphatic carbocycles. The van der Waals surface area contributed by atoms with Crippen molar-refractivity contribution >= 4 is 34.0 Å². The first-order chi connectivity index (χ1) is 11.5. The Labute approximate surface area is 149 Å². The van der Waals surface area contributed by atoms with E-state index in [4.69, 9.17) is 17.0 Å². The minimum Gasteiger partial charge on any atom is -0.489 e. The molecule has 0 unspecified atom stereocenters. The number of ether oxygens (including phenoxy) is 1. The Morgan fingerprint density at radius 2 is 1.92 bits per heavy atom. The average Bonchev–Trinajstić information content (AvgIpc) is 2.59. The highest BCUT2D eigenvalue weighted by Crippen LogP contribution is 2.16. The largest absolute Gasteiger partial charge is 0.489 e. The van der Waals surface area contributed by atoms with Crippen LogP contribution in [0.5, 0.6) is 5.75 Å². The van der Waals surface area contributed by atoms with Crippen LogP contribution in [0, 0.1) is 11.6 Å². The molecule has 0 aliphatic rings. The Morgan fingerprint density at radius 1 is 1.21 bits per heavy atom. The molecule has 0 spiro atoms. The number of hydrazone groups is 1. The lowest BCUT2D eigenvalue weighted by Gasteiger charge is -2.08. The van der Waals surface area contributed by atoms with Gasteiger partial charge in [0, 0.05) is 11.6 Å². The molecule has 0 saturated heterocycles. The third-order valence-corrected chi connectivity index (χ3v) is 4.24. The topological polar surface area (TPSA) is 33.6 Å². The molecule has 0 heterocycles. The predicted octanol–water partition coefficient (Wildman–Crippen LogP) is 4.51. The molecule has 0 amide bonds. The second-order valence-corrected chi connectivity index (χ2v) is 6.33. The fraction of sp³-hybridized carbons (Fsp3) is 0.176. The highest BCUT2D eigenvalue weighted by atomic mass is 32.2. The van der Waals surface area contributed by atoms with E-state index in [1.54, 1.807) is 12.1 Å². The summed E-state index contributed by atoms with van der Waals surface area (Å²) < 4.78 is 32.5. The maximum atomic E-state index is 13.5. The Bertz CT molecular complexity index is 749. The molecule has 126 valence electrons. The van der Waals surface area contributed by atoms with E-state index in [9.17, 15) is 8.78 Å². The summed E-state index contributed by atoms with van der Waals surface area (Å²) in [6.07, 6.45) is 1.87. The molecule has 0 fully saturated rings. The van der Waals surface area contributed by atoms with Crippen molar-refractivity contribution in [2.45, 2.75) is 13.5 Å². The molecular formula is C17H16F2N2OS2. The molecule has 0 saturated carbocycles. The first-order valence-electron chi connectivity index (χ1n) is 7.05. The van der Waals surface area contributed by atoms with Crippen molar-refractivity contribution in [2.75, 3.05) is 6.26 Å². The van der Waals surface area contributed by atoms with Gasteiger partial charge in [-0.1, -0.05) is 24.0 Å². The third-order valence-electron chi connectivity index (χ3n) is 3.18. The van der Waals surface area contributed by atoms with Gasteiger partial charge in [-0.15, -0.1) is 0 Å². The van der Waals surface area contributed by atoms with Crippen molar-refractivity contribution in [3.8, 4) is 5.75 Å². The van der Waals surface area contributed by atoms with Gasteiger partial charge in [0.1, 0.15) is 24.0 Å². The summed E-state index contributed by atoms with van der Waals surface area (Å²) in [6.45, 7) is 1.89. The molecule has 1 N–H and O–H groups in total. The van der Waals surface area contributed by atoms with E-state index >= 15 is 0 Å². The van der Waals surface area contributed by atoms with Crippen molar-refractivity contribution < 1.29 is 13.5 Å². The van der Waals surface area contributed by atoms with Crippen LogP contribution in [0.2, 0.25) is 0 Å². The van der Waals surface area contributed by atoms with E-state index in [1.807, 2.05) is 25.3 Å². The predicted molar refractivity (Wildman–Crippen MR) is 98.6 cm³/mol. The van der Waals surface area contributed by atoms with Gasteiger partial charge in [0.05, 0.1) is 5.71 Å². The molecule has 2 aromatic rings. The number of nitrogens with zero attached hydrogens (tertiary/aromatic N) is 1. The lowest BCUT2D eigenvalue weighted by molar-refractivity contribution is 0.299. The van der Waals surface area contributed by atoms with Gasteiger partial charge in [-0.25, -0.2) is 8.78 Å². The highest BCUT2D eigenvalue weighted by molar-refractivity contribution is 8.22. The van der Waals surface area contributed by atoms with Gasteiger partial charge in [0.15, 0.2) is 4.32 Å². The second-order valence-electron chi connectivity index (χ2n) is 4.85. The number of thioether (sulfide) groups is 1. The molecule has 0 bridgehead atoms. The lowest BCUT2D eigenvalue weighted by atomic mass is 10.1. The van der Waals surface area contributed by atoms with Crippen LogP contribution in [0.3, 0.4) is 0 Å². The Hall–Kier alpha value is -1.99. The van der Waals surface area contributed by atoms with E-state index in [-0.39, 0.29) is 6.61 Å². The van der Waals surface area contributed by atoms with Crippen LogP contribution >= 0.6 is 24.0 Å². The minimum atomic E-state index is -0.620. The summed E-state index contributed by atoms with van der Waals surface area (Å²) in [7, 11) is 0. The molecular weight excluding hydrogens is 350 g/mol. The summed E-state index contributed by atoms with van der Waals surface area (Å²) in [4.78, 5) is 0. The summed E-state index contributed by atoms with van der Waals surface area (Å²) in [6, 6.07) is 10.6. The van der Waals surface area contributed by atoms with Crippen LogP contribution in [0.4, 0.5) is 8.78 Å². The fourth-order valence-electron chi connectivity index (χ4n) is 1.83. The summed E-state index contributed by atoms with van der Waals surface area (Å²) in [5, 5.41) is 4.19. The Morgan fingerprint density at radius 3 is 2.54 bits per heavy atom. The van der Waals surface area contributed by atoms with Gasteiger partial charge in [-0.2, -0.15) is 5.10 Å². The molecule has 3 nitrogen and oxygen atoms in total. The van der Waals surface area contributed by atoms with Crippen LogP contribution in [0.25, 0.3) is 0 Å². The van der Waals surface area contributed by atoms with Crippen LogP contribution in [0.15, 0.2) is 47.6 Å². The maximum absolute atomic E-state index is 13.5. The molecule has 0 aliphatic heterocycles. The maximum Gasteiger partial charge on any atom is 0.153 e. The number of nitrogens with one attached hydrogen (secondary N) is 1. The molecule has 2 rings (SSSR count). The van der Waals surface area contributed by atoms with Gasteiger partial charge < -0.3 is 4.74 Å². The Kier molecular flexibility index (Phi) is 6.69. The van der Waals surface area contributed by atoms with Crippen molar-refractivity contribution in [3.05, 3.63) is 65.2 Å². The van der Waals surface area contributed by atoms with Gasteiger partial charge in [0.2, 0.25) is 0 Å². The van der Waals surface area contributed by atoms with E-state index in [1.165, 1.54) is 23.9 Å². The normalized spacial score (nSPS) is 11.2. The zero-order valence-electron chi connectivity index (χ0n) is 13.2. The third kappa shape index (κ3) is 5.28. The van der Waals surface area contributed by atoms with Crippen molar-refractivity contribution in [2.24, 2.45) is 5.10 Å². The number of hydrogen-bond acceptors (Lipinski definition) is 4. The van der Waals surface area contributed by atoms with E-state index in [0.29, 0.717) is 15.6 Å². The molecule has 0 aromatic heterocycles. The lowest BCUT2D eigenvalue weighted by Crippen LogP contribution is -2.13. The monoisotopic (exact) mass is 366 g/mol.